The molecule has 17 heavy (non-hydrogen) atoms. The van der Waals surface area contributed by atoms with E-state index in [9.17, 15) is 5.11 Å². The van der Waals surface area contributed by atoms with Gasteiger partial charge in [0.05, 0.1) is 30.1 Å². The molecule has 1 fully saturated rings. The summed E-state index contributed by atoms with van der Waals surface area (Å²) in [7, 11) is 4.00. The Balaban J connectivity index is 2.23. The van der Waals surface area contributed by atoms with Crippen molar-refractivity contribution in [3.8, 4) is 0 Å². The SMILES string of the molecule is CN(C)CCn1ncc(Cl)c1C1(O)CCOC1. The molecule has 0 aliphatic carbocycles. The summed E-state index contributed by atoms with van der Waals surface area (Å²) >= 11 is 6.12. The van der Waals surface area contributed by atoms with Crippen molar-refractivity contribution in [1.29, 1.82) is 0 Å². The van der Waals surface area contributed by atoms with E-state index in [1.54, 1.807) is 10.9 Å². The molecule has 0 saturated carbocycles. The smallest absolute Gasteiger partial charge is 0.133 e. The van der Waals surface area contributed by atoms with Crippen molar-refractivity contribution in [3.05, 3.63) is 16.9 Å². The van der Waals surface area contributed by atoms with Crippen molar-refractivity contribution < 1.29 is 9.84 Å². The van der Waals surface area contributed by atoms with Gasteiger partial charge in [-0.1, -0.05) is 11.6 Å². The first-order valence-electron chi connectivity index (χ1n) is 5.69. The molecule has 0 spiro atoms. The van der Waals surface area contributed by atoms with Gasteiger partial charge in [0.2, 0.25) is 0 Å². The predicted molar refractivity (Wildman–Crippen MR) is 65.1 cm³/mol. The van der Waals surface area contributed by atoms with Crippen LogP contribution in [-0.2, 0) is 16.9 Å². The fourth-order valence-electron chi connectivity index (χ4n) is 2.03. The first-order valence-corrected chi connectivity index (χ1v) is 6.07. The van der Waals surface area contributed by atoms with E-state index in [4.69, 9.17) is 16.3 Å². The first-order chi connectivity index (χ1) is 8.03. The summed E-state index contributed by atoms with van der Waals surface area (Å²) in [6.07, 6.45) is 2.16. The van der Waals surface area contributed by atoms with Crippen LogP contribution in [0.25, 0.3) is 0 Å². The van der Waals surface area contributed by atoms with Crippen LogP contribution in [0.15, 0.2) is 6.20 Å². The highest BCUT2D eigenvalue weighted by molar-refractivity contribution is 6.31. The molecule has 0 aromatic carbocycles. The average molecular weight is 260 g/mol. The van der Waals surface area contributed by atoms with Crippen molar-refractivity contribution in [2.45, 2.75) is 18.6 Å². The third-order valence-corrected chi connectivity index (χ3v) is 3.27. The van der Waals surface area contributed by atoms with Gasteiger partial charge in [0.15, 0.2) is 0 Å². The molecule has 1 aliphatic rings. The Bertz CT molecular complexity index is 386. The number of rotatable bonds is 4. The van der Waals surface area contributed by atoms with Gasteiger partial charge in [-0.2, -0.15) is 5.10 Å². The lowest BCUT2D eigenvalue weighted by atomic mass is 9.99. The fourth-order valence-corrected chi connectivity index (χ4v) is 2.35. The summed E-state index contributed by atoms with van der Waals surface area (Å²) in [5.41, 5.74) is -0.307. The maximum absolute atomic E-state index is 10.5. The van der Waals surface area contributed by atoms with E-state index in [2.05, 4.69) is 10.00 Å². The van der Waals surface area contributed by atoms with E-state index in [-0.39, 0.29) is 0 Å². The van der Waals surface area contributed by atoms with Gasteiger partial charge in [-0.05, 0) is 14.1 Å². The van der Waals surface area contributed by atoms with E-state index < -0.39 is 5.60 Å². The Morgan fingerprint density at radius 3 is 3.00 bits per heavy atom. The highest BCUT2D eigenvalue weighted by Crippen LogP contribution is 2.34. The maximum Gasteiger partial charge on any atom is 0.133 e. The fraction of sp³-hybridized carbons (Fsp3) is 0.727. The maximum atomic E-state index is 10.5. The molecule has 2 heterocycles. The summed E-state index contributed by atoms with van der Waals surface area (Å²) in [6, 6.07) is 0. The zero-order valence-corrected chi connectivity index (χ0v) is 10.9. The van der Waals surface area contributed by atoms with Crippen LogP contribution in [0.2, 0.25) is 5.02 Å². The highest BCUT2D eigenvalue weighted by atomic mass is 35.5. The second kappa shape index (κ2) is 4.94. The quantitative estimate of drug-likeness (QED) is 0.865. The minimum atomic E-state index is -0.986. The molecule has 5 nitrogen and oxygen atoms in total. The molecule has 1 saturated heterocycles. The molecule has 0 amide bonds. The summed E-state index contributed by atoms with van der Waals surface area (Å²) in [5.74, 6) is 0. The van der Waals surface area contributed by atoms with Gasteiger partial charge in [0.1, 0.15) is 5.60 Å². The Kier molecular flexibility index (Phi) is 3.73. The van der Waals surface area contributed by atoms with E-state index in [0.29, 0.717) is 36.9 Å². The number of ether oxygens (including phenoxy) is 1. The standard InChI is InChI=1S/C11H18ClN3O2/c1-14(2)4-5-15-10(9(12)7-13-15)11(16)3-6-17-8-11/h7,16H,3-6,8H2,1-2H3. The molecule has 96 valence electrons. The third kappa shape index (κ3) is 2.63. The van der Waals surface area contributed by atoms with E-state index in [1.807, 2.05) is 14.1 Å². The minimum Gasteiger partial charge on any atom is -0.381 e. The van der Waals surface area contributed by atoms with Gasteiger partial charge in [0.25, 0.3) is 0 Å². The predicted octanol–water partition coefficient (Wildman–Crippen LogP) is 0.706. The van der Waals surface area contributed by atoms with E-state index in [1.165, 1.54) is 0 Å². The van der Waals surface area contributed by atoms with Crippen LogP contribution in [0, 0.1) is 0 Å². The van der Waals surface area contributed by atoms with Crippen LogP contribution < -0.4 is 0 Å². The minimum absolute atomic E-state index is 0.292. The van der Waals surface area contributed by atoms with Crippen molar-refractivity contribution in [1.82, 2.24) is 14.7 Å². The third-order valence-electron chi connectivity index (χ3n) is 3.00. The van der Waals surface area contributed by atoms with Crippen LogP contribution >= 0.6 is 11.6 Å². The number of likely N-dealkylation sites (N-methyl/N-ethyl adjacent to an activating group) is 1. The van der Waals surface area contributed by atoms with Gasteiger partial charge >= 0.3 is 0 Å². The molecule has 0 bridgehead atoms. The van der Waals surface area contributed by atoms with Crippen molar-refractivity contribution in [3.63, 3.8) is 0 Å². The summed E-state index contributed by atoms with van der Waals surface area (Å²) in [4.78, 5) is 2.06. The number of hydrogen-bond acceptors (Lipinski definition) is 4. The number of halogens is 1. The van der Waals surface area contributed by atoms with Crippen LogP contribution in [0.4, 0.5) is 0 Å². The van der Waals surface area contributed by atoms with Crippen LogP contribution in [0.3, 0.4) is 0 Å². The highest BCUT2D eigenvalue weighted by Gasteiger charge is 2.39. The summed E-state index contributed by atoms with van der Waals surface area (Å²) in [5, 5.41) is 15.2. The lowest BCUT2D eigenvalue weighted by Gasteiger charge is -2.23. The molecular formula is C11H18ClN3O2. The molecule has 1 unspecified atom stereocenters. The molecule has 2 rings (SSSR count). The van der Waals surface area contributed by atoms with Gasteiger partial charge < -0.3 is 14.7 Å². The molecular weight excluding hydrogens is 242 g/mol. The Labute approximate surface area is 106 Å². The molecule has 1 atom stereocenters. The van der Waals surface area contributed by atoms with E-state index >= 15 is 0 Å². The average Bonchev–Trinajstić information content (AvgIpc) is 2.83. The number of nitrogens with zero attached hydrogens (tertiary/aromatic N) is 3. The van der Waals surface area contributed by atoms with Crippen LogP contribution in [0.5, 0.6) is 0 Å². The topological polar surface area (TPSA) is 50.5 Å². The zero-order chi connectivity index (χ0) is 12.5. The van der Waals surface area contributed by atoms with Crippen molar-refractivity contribution in [2.75, 3.05) is 33.9 Å². The molecule has 1 aromatic heterocycles. The Morgan fingerprint density at radius 2 is 2.41 bits per heavy atom. The first kappa shape index (κ1) is 12.8. The number of hydrogen-bond donors (Lipinski definition) is 1. The van der Waals surface area contributed by atoms with Gasteiger partial charge in [-0.15, -0.1) is 0 Å². The molecule has 1 aliphatic heterocycles. The number of aliphatic hydroxyl groups is 1. The van der Waals surface area contributed by atoms with Gasteiger partial charge in [-0.25, -0.2) is 0 Å². The Morgan fingerprint density at radius 1 is 1.65 bits per heavy atom. The van der Waals surface area contributed by atoms with Gasteiger partial charge in [-0.3, -0.25) is 4.68 Å². The normalized spacial score (nSPS) is 24.8. The molecule has 1 N–H and O–H groups in total. The molecule has 0 radical (unpaired) electrons. The second-order valence-corrected chi connectivity index (χ2v) is 5.11. The lowest BCUT2D eigenvalue weighted by molar-refractivity contribution is 0.0152. The zero-order valence-electron chi connectivity index (χ0n) is 10.2. The molecule has 6 heteroatoms. The molecule has 1 aromatic rings. The summed E-state index contributed by atoms with van der Waals surface area (Å²) in [6.45, 7) is 2.41. The van der Waals surface area contributed by atoms with Crippen molar-refractivity contribution >= 4 is 11.6 Å². The largest absolute Gasteiger partial charge is 0.381 e. The van der Waals surface area contributed by atoms with Crippen LogP contribution in [0.1, 0.15) is 12.1 Å². The van der Waals surface area contributed by atoms with Crippen LogP contribution in [-0.4, -0.2) is 53.6 Å². The summed E-state index contributed by atoms with van der Waals surface area (Å²) < 4.78 is 7.03. The van der Waals surface area contributed by atoms with E-state index in [0.717, 1.165) is 6.54 Å². The Hall–Kier alpha value is -0.620. The second-order valence-electron chi connectivity index (χ2n) is 4.70. The van der Waals surface area contributed by atoms with Crippen molar-refractivity contribution in [2.24, 2.45) is 0 Å². The lowest BCUT2D eigenvalue weighted by Crippen LogP contribution is -2.31. The van der Waals surface area contributed by atoms with Gasteiger partial charge in [0, 0.05) is 19.6 Å². The monoisotopic (exact) mass is 259 g/mol. The number of aromatic nitrogens is 2.